The van der Waals surface area contributed by atoms with Gasteiger partial charge in [0.15, 0.2) is 0 Å². The zero-order chi connectivity index (χ0) is 12.1. The van der Waals surface area contributed by atoms with Crippen LogP contribution in [0.4, 0.5) is 0 Å². The summed E-state index contributed by atoms with van der Waals surface area (Å²) in [5.41, 5.74) is 0.797. The maximum Gasteiger partial charge on any atom is 0.244 e. The summed E-state index contributed by atoms with van der Waals surface area (Å²) in [6, 6.07) is 11.4. The summed E-state index contributed by atoms with van der Waals surface area (Å²) >= 11 is 0. The first kappa shape index (κ1) is 11.7. The first-order chi connectivity index (χ1) is 8.33. The number of nitriles is 1. The van der Waals surface area contributed by atoms with Crippen LogP contribution in [0.15, 0.2) is 30.3 Å². The third-order valence-electron chi connectivity index (χ3n) is 3.18. The molecule has 88 valence electrons. The predicted molar refractivity (Wildman–Crippen MR) is 65.2 cm³/mol. The Balaban J connectivity index is 2.13. The van der Waals surface area contributed by atoms with Crippen molar-refractivity contribution in [2.24, 2.45) is 0 Å². The number of hydrogen-bond donors (Lipinski definition) is 0. The number of amides is 1. The molecule has 0 aliphatic carbocycles. The van der Waals surface area contributed by atoms with Gasteiger partial charge >= 0.3 is 0 Å². The molecule has 1 unspecified atom stereocenters. The number of rotatable bonds is 2. The molecule has 1 aliphatic rings. The van der Waals surface area contributed by atoms with Crippen molar-refractivity contribution in [3.05, 3.63) is 35.9 Å². The van der Waals surface area contributed by atoms with Crippen LogP contribution in [0, 0.1) is 11.3 Å². The highest BCUT2D eigenvalue weighted by atomic mass is 16.2. The number of piperidine rings is 1. The van der Waals surface area contributed by atoms with Crippen molar-refractivity contribution >= 4 is 5.91 Å². The van der Waals surface area contributed by atoms with E-state index in [0.29, 0.717) is 0 Å². The Kier molecular flexibility index (Phi) is 3.77. The summed E-state index contributed by atoms with van der Waals surface area (Å²) in [6.45, 7) is 1.59. The van der Waals surface area contributed by atoms with Crippen LogP contribution < -0.4 is 0 Å². The van der Waals surface area contributed by atoms with E-state index in [1.54, 1.807) is 0 Å². The molecule has 1 amide bonds. The number of benzene rings is 1. The van der Waals surface area contributed by atoms with E-state index in [-0.39, 0.29) is 5.91 Å². The van der Waals surface area contributed by atoms with E-state index in [4.69, 9.17) is 0 Å². The quantitative estimate of drug-likeness (QED) is 0.779. The summed E-state index contributed by atoms with van der Waals surface area (Å²) in [6.07, 6.45) is 3.30. The average molecular weight is 228 g/mol. The molecule has 1 atom stereocenters. The molecule has 1 saturated heterocycles. The zero-order valence-corrected chi connectivity index (χ0v) is 9.80. The second-order valence-corrected chi connectivity index (χ2v) is 4.36. The molecule has 0 bridgehead atoms. The molecule has 2 rings (SSSR count). The summed E-state index contributed by atoms with van der Waals surface area (Å²) in [5.74, 6) is -0.687. The van der Waals surface area contributed by atoms with Crippen molar-refractivity contribution in [2.45, 2.75) is 25.2 Å². The molecule has 3 heteroatoms. The normalized spacial score (nSPS) is 17.2. The molecule has 1 fully saturated rings. The Morgan fingerprint density at radius 3 is 2.41 bits per heavy atom. The Morgan fingerprint density at radius 2 is 1.82 bits per heavy atom. The van der Waals surface area contributed by atoms with Crippen molar-refractivity contribution in [3.63, 3.8) is 0 Å². The van der Waals surface area contributed by atoms with Gasteiger partial charge in [-0.3, -0.25) is 4.79 Å². The van der Waals surface area contributed by atoms with Crippen molar-refractivity contribution in [2.75, 3.05) is 13.1 Å². The average Bonchev–Trinajstić information content (AvgIpc) is 2.42. The molecule has 1 heterocycles. The monoisotopic (exact) mass is 228 g/mol. The van der Waals surface area contributed by atoms with Crippen LogP contribution in [0.25, 0.3) is 0 Å². The maximum atomic E-state index is 12.2. The highest BCUT2D eigenvalue weighted by Gasteiger charge is 2.26. The maximum absolute atomic E-state index is 12.2. The second kappa shape index (κ2) is 5.49. The van der Waals surface area contributed by atoms with Gasteiger partial charge in [-0.15, -0.1) is 0 Å². The molecule has 1 aromatic carbocycles. The van der Waals surface area contributed by atoms with Gasteiger partial charge in [0.2, 0.25) is 5.91 Å². The lowest BCUT2D eigenvalue weighted by molar-refractivity contribution is -0.132. The molecule has 0 spiro atoms. The number of likely N-dealkylation sites (tertiary alicyclic amines) is 1. The first-order valence-corrected chi connectivity index (χ1v) is 6.06. The molecule has 0 saturated carbocycles. The van der Waals surface area contributed by atoms with Crippen LogP contribution in [-0.4, -0.2) is 23.9 Å². The lowest BCUT2D eigenvalue weighted by Crippen LogP contribution is -2.38. The smallest absolute Gasteiger partial charge is 0.244 e. The molecular weight excluding hydrogens is 212 g/mol. The van der Waals surface area contributed by atoms with E-state index in [0.717, 1.165) is 31.5 Å². The lowest BCUT2D eigenvalue weighted by atomic mass is 9.98. The second-order valence-electron chi connectivity index (χ2n) is 4.36. The first-order valence-electron chi connectivity index (χ1n) is 6.06. The Hall–Kier alpha value is -1.82. The molecule has 0 aromatic heterocycles. The Morgan fingerprint density at radius 1 is 1.18 bits per heavy atom. The standard InChI is InChI=1S/C14H16N2O/c15-11-13(12-7-3-1-4-8-12)14(17)16-9-5-2-6-10-16/h1,3-4,7-8,13H,2,5-6,9-10H2. The molecule has 0 radical (unpaired) electrons. The van der Waals surface area contributed by atoms with Crippen molar-refractivity contribution in [3.8, 4) is 6.07 Å². The molecule has 3 nitrogen and oxygen atoms in total. The van der Waals surface area contributed by atoms with Crippen LogP contribution in [0.2, 0.25) is 0 Å². The van der Waals surface area contributed by atoms with E-state index in [2.05, 4.69) is 6.07 Å². The van der Waals surface area contributed by atoms with Gasteiger partial charge in [-0.05, 0) is 24.8 Å². The number of carbonyl (C=O) groups excluding carboxylic acids is 1. The summed E-state index contributed by atoms with van der Waals surface area (Å²) < 4.78 is 0. The fraction of sp³-hybridized carbons (Fsp3) is 0.429. The van der Waals surface area contributed by atoms with Crippen molar-refractivity contribution < 1.29 is 4.79 Å². The molecule has 1 aliphatic heterocycles. The van der Waals surface area contributed by atoms with Crippen LogP contribution >= 0.6 is 0 Å². The summed E-state index contributed by atoms with van der Waals surface area (Å²) in [5, 5.41) is 9.18. The van der Waals surface area contributed by atoms with E-state index < -0.39 is 5.92 Å². The highest BCUT2D eigenvalue weighted by Crippen LogP contribution is 2.20. The van der Waals surface area contributed by atoms with Crippen LogP contribution in [0.1, 0.15) is 30.7 Å². The minimum atomic E-state index is -0.644. The van der Waals surface area contributed by atoms with E-state index >= 15 is 0 Å². The summed E-state index contributed by atoms with van der Waals surface area (Å²) in [7, 11) is 0. The number of hydrogen-bond acceptors (Lipinski definition) is 2. The fourth-order valence-electron chi connectivity index (χ4n) is 2.21. The number of carbonyl (C=O) groups is 1. The molecule has 1 aromatic rings. The molecule has 17 heavy (non-hydrogen) atoms. The van der Waals surface area contributed by atoms with Crippen LogP contribution in [0.5, 0.6) is 0 Å². The van der Waals surface area contributed by atoms with Crippen LogP contribution in [-0.2, 0) is 4.79 Å². The van der Waals surface area contributed by atoms with Gasteiger partial charge in [0.05, 0.1) is 6.07 Å². The van der Waals surface area contributed by atoms with Crippen molar-refractivity contribution in [1.82, 2.24) is 4.90 Å². The van der Waals surface area contributed by atoms with Crippen LogP contribution in [0.3, 0.4) is 0 Å². The molecular formula is C14H16N2O. The van der Waals surface area contributed by atoms with Crippen molar-refractivity contribution in [1.29, 1.82) is 5.26 Å². The van der Waals surface area contributed by atoms with E-state index in [9.17, 15) is 10.1 Å². The highest BCUT2D eigenvalue weighted by molar-refractivity contribution is 5.86. The van der Waals surface area contributed by atoms with Gasteiger partial charge in [0.25, 0.3) is 0 Å². The van der Waals surface area contributed by atoms with E-state index in [1.165, 1.54) is 6.42 Å². The topological polar surface area (TPSA) is 44.1 Å². The van der Waals surface area contributed by atoms with Gasteiger partial charge in [-0.2, -0.15) is 5.26 Å². The number of nitrogens with zero attached hydrogens (tertiary/aromatic N) is 2. The molecule has 0 N–H and O–H groups in total. The van der Waals surface area contributed by atoms with Gasteiger partial charge in [-0.1, -0.05) is 30.3 Å². The zero-order valence-electron chi connectivity index (χ0n) is 9.80. The van der Waals surface area contributed by atoms with E-state index in [1.807, 2.05) is 35.2 Å². The minimum absolute atomic E-state index is 0.0431. The SMILES string of the molecule is N#CC(C(=O)N1CCCCC1)c1ccccc1. The fourth-order valence-corrected chi connectivity index (χ4v) is 2.21. The Labute approximate surface area is 102 Å². The van der Waals surface area contributed by atoms with Gasteiger partial charge in [0, 0.05) is 13.1 Å². The third-order valence-corrected chi connectivity index (χ3v) is 3.18. The van der Waals surface area contributed by atoms with Gasteiger partial charge in [0.1, 0.15) is 5.92 Å². The largest absolute Gasteiger partial charge is 0.341 e. The summed E-state index contributed by atoms with van der Waals surface area (Å²) in [4.78, 5) is 14.1. The lowest BCUT2D eigenvalue weighted by Gasteiger charge is -2.28. The predicted octanol–water partition coefficient (Wildman–Crippen LogP) is 2.31. The Bertz CT molecular complexity index is 416. The van der Waals surface area contributed by atoms with Gasteiger partial charge < -0.3 is 4.90 Å². The minimum Gasteiger partial charge on any atom is -0.341 e. The third kappa shape index (κ3) is 2.65. The van der Waals surface area contributed by atoms with Gasteiger partial charge in [-0.25, -0.2) is 0 Å².